The zero-order chi connectivity index (χ0) is 13.1. The van der Waals surface area contributed by atoms with Crippen LogP contribution in [0.2, 0.25) is 0 Å². The molecule has 1 aromatic heterocycles. The molecule has 0 aliphatic carbocycles. The molecule has 4 heteroatoms. The Morgan fingerprint density at radius 3 is 2.65 bits per heavy atom. The van der Waals surface area contributed by atoms with E-state index in [1.165, 1.54) is 0 Å². The number of pyridine rings is 1. The van der Waals surface area contributed by atoms with Gasteiger partial charge in [-0.05, 0) is 39.3 Å². The molecule has 0 aliphatic heterocycles. The van der Waals surface area contributed by atoms with Gasteiger partial charge in [-0.1, -0.05) is 13.3 Å². The number of anilines is 1. The number of carbonyl (C=O) groups excluding carboxylic acids is 1. The van der Waals surface area contributed by atoms with Crippen LogP contribution >= 0.6 is 0 Å². The molecule has 1 amide bonds. The Morgan fingerprint density at radius 1 is 1.47 bits per heavy atom. The van der Waals surface area contributed by atoms with E-state index in [1.54, 1.807) is 6.92 Å². The van der Waals surface area contributed by atoms with Crippen LogP contribution in [0.1, 0.15) is 38.1 Å². The first-order valence-corrected chi connectivity index (χ1v) is 5.91. The van der Waals surface area contributed by atoms with Crippen molar-refractivity contribution < 1.29 is 4.79 Å². The normalized spacial score (nSPS) is 14.2. The molecule has 4 nitrogen and oxygen atoms in total. The summed E-state index contributed by atoms with van der Waals surface area (Å²) in [4.78, 5) is 16.3. The number of amides is 1. The summed E-state index contributed by atoms with van der Waals surface area (Å²) in [5.41, 5.74) is 7.61. The Morgan fingerprint density at radius 2 is 2.12 bits per heavy atom. The molecule has 3 N–H and O–H groups in total. The second-order valence-electron chi connectivity index (χ2n) is 4.71. The van der Waals surface area contributed by atoms with Crippen molar-refractivity contribution >= 4 is 11.6 Å². The zero-order valence-corrected chi connectivity index (χ0v) is 11.0. The van der Waals surface area contributed by atoms with Crippen LogP contribution in [0.25, 0.3) is 0 Å². The highest BCUT2D eigenvalue weighted by molar-refractivity contribution is 5.97. The fourth-order valence-electron chi connectivity index (χ4n) is 1.72. The molecular formula is C13H21N3O. The highest BCUT2D eigenvalue weighted by atomic mass is 16.2. The van der Waals surface area contributed by atoms with E-state index in [9.17, 15) is 4.79 Å². The Balaban J connectivity index is 2.81. The van der Waals surface area contributed by atoms with Crippen molar-refractivity contribution in [1.82, 2.24) is 4.98 Å². The monoisotopic (exact) mass is 235 g/mol. The third-order valence-corrected chi connectivity index (χ3v) is 2.76. The van der Waals surface area contributed by atoms with E-state index >= 15 is 0 Å². The third kappa shape index (κ3) is 3.53. The van der Waals surface area contributed by atoms with Crippen molar-refractivity contribution in [2.24, 2.45) is 5.73 Å². The molecule has 1 atom stereocenters. The fraction of sp³-hybridized carbons (Fsp3) is 0.538. The van der Waals surface area contributed by atoms with Gasteiger partial charge in [-0.2, -0.15) is 0 Å². The van der Waals surface area contributed by atoms with E-state index in [-0.39, 0.29) is 5.91 Å². The molecule has 94 valence electrons. The number of nitrogens with zero attached hydrogens (tertiary/aromatic N) is 1. The van der Waals surface area contributed by atoms with Gasteiger partial charge in [0.1, 0.15) is 0 Å². The summed E-state index contributed by atoms with van der Waals surface area (Å²) in [6.45, 7) is 7.55. The van der Waals surface area contributed by atoms with Crippen LogP contribution in [0.4, 0.5) is 5.69 Å². The van der Waals surface area contributed by atoms with Crippen LogP contribution in [0.15, 0.2) is 12.1 Å². The van der Waals surface area contributed by atoms with Crippen LogP contribution in [0, 0.1) is 13.8 Å². The van der Waals surface area contributed by atoms with E-state index in [0.717, 1.165) is 23.5 Å². The molecule has 0 radical (unpaired) electrons. The highest BCUT2D eigenvalue weighted by Gasteiger charge is 2.27. The van der Waals surface area contributed by atoms with Crippen molar-refractivity contribution in [1.29, 1.82) is 0 Å². The lowest BCUT2D eigenvalue weighted by Gasteiger charge is -2.23. The first kappa shape index (κ1) is 13.6. The van der Waals surface area contributed by atoms with Gasteiger partial charge < -0.3 is 11.1 Å². The van der Waals surface area contributed by atoms with Gasteiger partial charge in [-0.25, -0.2) is 0 Å². The summed E-state index contributed by atoms with van der Waals surface area (Å²) in [6.07, 6.45) is 1.54. The molecule has 0 aromatic carbocycles. The maximum atomic E-state index is 12.0. The Kier molecular flexibility index (Phi) is 4.23. The number of aryl methyl sites for hydroxylation is 2. The van der Waals surface area contributed by atoms with Gasteiger partial charge in [-0.3, -0.25) is 9.78 Å². The van der Waals surface area contributed by atoms with Gasteiger partial charge in [0.05, 0.1) is 16.9 Å². The van der Waals surface area contributed by atoms with E-state index in [2.05, 4.69) is 10.3 Å². The number of hydrogen-bond acceptors (Lipinski definition) is 3. The number of hydrogen-bond donors (Lipinski definition) is 2. The molecule has 1 heterocycles. The summed E-state index contributed by atoms with van der Waals surface area (Å²) >= 11 is 0. The van der Waals surface area contributed by atoms with Crippen LogP contribution in [-0.2, 0) is 4.79 Å². The minimum absolute atomic E-state index is 0.159. The lowest BCUT2D eigenvalue weighted by atomic mass is 9.96. The first-order valence-electron chi connectivity index (χ1n) is 5.91. The number of nitrogens with two attached hydrogens (primary N) is 1. The Labute approximate surface area is 103 Å². The SMILES string of the molecule is CCCC(C)(N)C(=O)Nc1ccc(C)nc1C. The standard InChI is InChI=1S/C13H21N3O/c1-5-8-13(4,14)12(17)16-11-7-6-9(2)15-10(11)3/h6-7H,5,8,14H2,1-4H3,(H,16,17). The van der Waals surface area contributed by atoms with Crippen LogP contribution in [-0.4, -0.2) is 16.4 Å². The molecule has 1 unspecified atom stereocenters. The summed E-state index contributed by atoms with van der Waals surface area (Å²) in [7, 11) is 0. The summed E-state index contributed by atoms with van der Waals surface area (Å²) in [5, 5.41) is 2.84. The number of aromatic nitrogens is 1. The average molecular weight is 235 g/mol. The third-order valence-electron chi connectivity index (χ3n) is 2.76. The van der Waals surface area contributed by atoms with Gasteiger partial charge >= 0.3 is 0 Å². The molecule has 0 saturated carbocycles. The highest BCUT2D eigenvalue weighted by Crippen LogP contribution is 2.16. The molecular weight excluding hydrogens is 214 g/mol. The van der Waals surface area contributed by atoms with Gasteiger partial charge in [0.2, 0.25) is 5.91 Å². The Hall–Kier alpha value is -1.42. The molecule has 0 bridgehead atoms. The largest absolute Gasteiger partial charge is 0.323 e. The van der Waals surface area contributed by atoms with Crippen molar-refractivity contribution in [3.05, 3.63) is 23.5 Å². The lowest BCUT2D eigenvalue weighted by Crippen LogP contribution is -2.48. The van der Waals surface area contributed by atoms with Gasteiger partial charge in [0, 0.05) is 5.69 Å². The molecule has 0 spiro atoms. The average Bonchev–Trinajstić information content (AvgIpc) is 2.22. The zero-order valence-electron chi connectivity index (χ0n) is 11.0. The van der Waals surface area contributed by atoms with E-state index in [4.69, 9.17) is 5.73 Å². The van der Waals surface area contributed by atoms with Crippen molar-refractivity contribution in [3.63, 3.8) is 0 Å². The molecule has 0 aliphatic rings. The molecule has 1 aromatic rings. The lowest BCUT2D eigenvalue weighted by molar-refractivity contribution is -0.120. The van der Waals surface area contributed by atoms with Crippen molar-refractivity contribution in [2.45, 2.75) is 46.1 Å². The minimum atomic E-state index is -0.827. The van der Waals surface area contributed by atoms with Gasteiger partial charge in [-0.15, -0.1) is 0 Å². The quantitative estimate of drug-likeness (QED) is 0.840. The summed E-state index contributed by atoms with van der Waals surface area (Å²) < 4.78 is 0. The van der Waals surface area contributed by atoms with E-state index in [1.807, 2.05) is 32.9 Å². The minimum Gasteiger partial charge on any atom is -0.323 e. The maximum absolute atomic E-state index is 12.0. The summed E-state index contributed by atoms with van der Waals surface area (Å²) in [6, 6.07) is 3.73. The molecule has 0 saturated heterocycles. The number of rotatable bonds is 4. The molecule has 0 fully saturated rings. The second-order valence-corrected chi connectivity index (χ2v) is 4.71. The van der Waals surface area contributed by atoms with Gasteiger partial charge in [0.15, 0.2) is 0 Å². The maximum Gasteiger partial charge on any atom is 0.244 e. The summed E-state index contributed by atoms with van der Waals surface area (Å²) in [5.74, 6) is -0.159. The molecule has 17 heavy (non-hydrogen) atoms. The number of carbonyl (C=O) groups is 1. The smallest absolute Gasteiger partial charge is 0.244 e. The van der Waals surface area contributed by atoms with Crippen molar-refractivity contribution in [3.8, 4) is 0 Å². The second kappa shape index (κ2) is 5.27. The fourth-order valence-corrected chi connectivity index (χ4v) is 1.72. The number of nitrogens with one attached hydrogen (secondary N) is 1. The Bertz CT molecular complexity index is 413. The van der Waals surface area contributed by atoms with Crippen LogP contribution in [0.5, 0.6) is 0 Å². The molecule has 1 rings (SSSR count). The van der Waals surface area contributed by atoms with E-state index in [0.29, 0.717) is 6.42 Å². The van der Waals surface area contributed by atoms with Crippen LogP contribution < -0.4 is 11.1 Å². The van der Waals surface area contributed by atoms with Crippen LogP contribution in [0.3, 0.4) is 0 Å². The topological polar surface area (TPSA) is 68.0 Å². The predicted molar refractivity (Wildman–Crippen MR) is 69.8 cm³/mol. The predicted octanol–water partition coefficient (Wildman–Crippen LogP) is 2.15. The van der Waals surface area contributed by atoms with E-state index < -0.39 is 5.54 Å². The van der Waals surface area contributed by atoms with Crippen molar-refractivity contribution in [2.75, 3.05) is 5.32 Å². The first-order chi connectivity index (χ1) is 7.86. The van der Waals surface area contributed by atoms with Gasteiger partial charge in [0.25, 0.3) is 0 Å².